The smallest absolute Gasteiger partial charge is 0.241 e. The van der Waals surface area contributed by atoms with E-state index in [9.17, 15) is 4.79 Å². The Morgan fingerprint density at radius 3 is 2.88 bits per heavy atom. The van der Waals surface area contributed by atoms with E-state index < -0.39 is 6.04 Å². The Balaban J connectivity index is 2.32. The summed E-state index contributed by atoms with van der Waals surface area (Å²) < 4.78 is 1.58. The Morgan fingerprint density at radius 1 is 1.47 bits per heavy atom. The van der Waals surface area contributed by atoms with Crippen LogP contribution in [-0.4, -0.2) is 26.9 Å². The fraction of sp³-hybridized carbons (Fsp3) is 0.182. The Morgan fingerprint density at radius 2 is 2.24 bits per heavy atom. The fourth-order valence-corrected chi connectivity index (χ4v) is 1.36. The number of hydrogen-bond donors (Lipinski definition) is 2. The van der Waals surface area contributed by atoms with Crippen molar-refractivity contribution in [2.24, 2.45) is 5.73 Å². The highest BCUT2D eigenvalue weighted by Gasteiger charge is 2.11. The predicted octanol–water partition coefficient (Wildman–Crippen LogP) is 0.553. The van der Waals surface area contributed by atoms with E-state index in [1.807, 2.05) is 18.2 Å². The van der Waals surface area contributed by atoms with Crippen molar-refractivity contribution in [3.8, 4) is 5.69 Å². The SMILES string of the molecule is CC(N)C(=O)Nc1ccccc1-n1ccnn1. The first-order valence-electron chi connectivity index (χ1n) is 5.20. The average Bonchev–Trinajstić information content (AvgIpc) is 2.83. The summed E-state index contributed by atoms with van der Waals surface area (Å²) in [6, 6.07) is 6.76. The lowest BCUT2D eigenvalue weighted by atomic mass is 10.2. The van der Waals surface area contributed by atoms with Crippen LogP contribution in [0.3, 0.4) is 0 Å². The molecule has 0 aliphatic rings. The second kappa shape index (κ2) is 4.75. The molecule has 1 atom stereocenters. The number of anilines is 1. The first kappa shape index (κ1) is 11.3. The molecule has 17 heavy (non-hydrogen) atoms. The second-order valence-corrected chi connectivity index (χ2v) is 3.64. The number of rotatable bonds is 3. The maximum absolute atomic E-state index is 11.6. The first-order chi connectivity index (χ1) is 8.18. The number of para-hydroxylation sites is 2. The van der Waals surface area contributed by atoms with Gasteiger partial charge in [-0.2, -0.15) is 0 Å². The third-order valence-electron chi connectivity index (χ3n) is 2.24. The summed E-state index contributed by atoms with van der Waals surface area (Å²) in [4.78, 5) is 11.6. The van der Waals surface area contributed by atoms with Gasteiger partial charge in [-0.1, -0.05) is 17.3 Å². The molecular weight excluding hydrogens is 218 g/mol. The second-order valence-electron chi connectivity index (χ2n) is 3.64. The minimum Gasteiger partial charge on any atom is -0.323 e. The van der Waals surface area contributed by atoms with Gasteiger partial charge in [-0.25, -0.2) is 4.68 Å². The standard InChI is InChI=1S/C11H13N5O/c1-8(12)11(17)14-9-4-2-3-5-10(9)16-7-6-13-15-16/h2-8H,12H2,1H3,(H,14,17). The van der Waals surface area contributed by atoms with Crippen LogP contribution in [0.2, 0.25) is 0 Å². The Hall–Kier alpha value is -2.21. The van der Waals surface area contributed by atoms with Gasteiger partial charge in [0.15, 0.2) is 0 Å². The molecule has 2 aromatic rings. The number of carbonyl (C=O) groups excluding carboxylic acids is 1. The summed E-state index contributed by atoms with van der Waals surface area (Å²) in [7, 11) is 0. The molecule has 1 heterocycles. The van der Waals surface area contributed by atoms with Crippen LogP contribution in [0, 0.1) is 0 Å². The van der Waals surface area contributed by atoms with Crippen molar-refractivity contribution in [2.45, 2.75) is 13.0 Å². The van der Waals surface area contributed by atoms with Crippen LogP contribution in [0.25, 0.3) is 5.69 Å². The molecule has 6 nitrogen and oxygen atoms in total. The lowest BCUT2D eigenvalue weighted by Crippen LogP contribution is -2.32. The van der Waals surface area contributed by atoms with Crippen molar-refractivity contribution in [1.29, 1.82) is 0 Å². The van der Waals surface area contributed by atoms with E-state index in [2.05, 4.69) is 15.6 Å². The van der Waals surface area contributed by atoms with Gasteiger partial charge in [-0.05, 0) is 19.1 Å². The van der Waals surface area contributed by atoms with Gasteiger partial charge in [0.05, 0.1) is 29.8 Å². The number of nitrogens with one attached hydrogen (secondary N) is 1. The van der Waals surface area contributed by atoms with E-state index >= 15 is 0 Å². The van der Waals surface area contributed by atoms with Gasteiger partial charge in [0.2, 0.25) is 5.91 Å². The Labute approximate surface area is 98.4 Å². The quantitative estimate of drug-likeness (QED) is 0.807. The van der Waals surface area contributed by atoms with Gasteiger partial charge in [0, 0.05) is 0 Å². The lowest BCUT2D eigenvalue weighted by Gasteiger charge is -2.11. The van der Waals surface area contributed by atoms with Gasteiger partial charge in [-0.15, -0.1) is 5.10 Å². The van der Waals surface area contributed by atoms with Crippen LogP contribution in [0.5, 0.6) is 0 Å². The normalized spacial score (nSPS) is 12.1. The van der Waals surface area contributed by atoms with Crippen molar-refractivity contribution >= 4 is 11.6 Å². The molecule has 3 N–H and O–H groups in total. The van der Waals surface area contributed by atoms with Gasteiger partial charge in [-0.3, -0.25) is 4.79 Å². The molecule has 2 rings (SSSR count). The molecule has 0 fully saturated rings. The molecule has 1 aromatic heterocycles. The molecule has 0 saturated heterocycles. The van der Waals surface area contributed by atoms with Crippen molar-refractivity contribution in [2.75, 3.05) is 5.32 Å². The zero-order valence-electron chi connectivity index (χ0n) is 9.37. The van der Waals surface area contributed by atoms with E-state index in [-0.39, 0.29) is 5.91 Å². The number of aromatic nitrogens is 3. The van der Waals surface area contributed by atoms with E-state index in [0.717, 1.165) is 5.69 Å². The van der Waals surface area contributed by atoms with Gasteiger partial charge >= 0.3 is 0 Å². The Kier molecular flexibility index (Phi) is 3.15. The maximum atomic E-state index is 11.6. The predicted molar refractivity (Wildman–Crippen MR) is 63.6 cm³/mol. The number of hydrogen-bond acceptors (Lipinski definition) is 4. The van der Waals surface area contributed by atoms with Crippen LogP contribution in [0.1, 0.15) is 6.92 Å². The van der Waals surface area contributed by atoms with E-state index in [1.165, 1.54) is 0 Å². The number of amides is 1. The molecular formula is C11H13N5O. The molecule has 0 bridgehead atoms. The molecule has 0 saturated carbocycles. The van der Waals surface area contributed by atoms with Crippen LogP contribution in [0.15, 0.2) is 36.7 Å². The number of nitrogens with two attached hydrogens (primary N) is 1. The summed E-state index contributed by atoms with van der Waals surface area (Å²) in [5, 5.41) is 10.4. The highest BCUT2D eigenvalue weighted by molar-refractivity contribution is 5.96. The number of nitrogens with zero attached hydrogens (tertiary/aromatic N) is 3. The largest absolute Gasteiger partial charge is 0.323 e. The first-order valence-corrected chi connectivity index (χ1v) is 5.20. The molecule has 1 aromatic carbocycles. The Bertz CT molecular complexity index is 506. The van der Waals surface area contributed by atoms with Crippen LogP contribution < -0.4 is 11.1 Å². The summed E-state index contributed by atoms with van der Waals surface area (Å²) in [5.41, 5.74) is 6.91. The topological polar surface area (TPSA) is 85.8 Å². The van der Waals surface area contributed by atoms with E-state index in [1.54, 1.807) is 30.1 Å². The molecule has 0 aliphatic heterocycles. The van der Waals surface area contributed by atoms with Crippen molar-refractivity contribution < 1.29 is 4.79 Å². The minimum absolute atomic E-state index is 0.238. The van der Waals surface area contributed by atoms with Crippen LogP contribution >= 0.6 is 0 Å². The number of carbonyl (C=O) groups is 1. The monoisotopic (exact) mass is 231 g/mol. The number of benzene rings is 1. The third kappa shape index (κ3) is 2.48. The molecule has 0 spiro atoms. The molecule has 88 valence electrons. The van der Waals surface area contributed by atoms with Crippen molar-refractivity contribution in [1.82, 2.24) is 15.0 Å². The van der Waals surface area contributed by atoms with Crippen LogP contribution in [0.4, 0.5) is 5.69 Å². The average molecular weight is 231 g/mol. The van der Waals surface area contributed by atoms with E-state index in [4.69, 9.17) is 5.73 Å². The molecule has 0 radical (unpaired) electrons. The van der Waals surface area contributed by atoms with Crippen molar-refractivity contribution in [3.05, 3.63) is 36.7 Å². The highest BCUT2D eigenvalue weighted by Crippen LogP contribution is 2.18. The zero-order chi connectivity index (χ0) is 12.3. The summed E-state index contributed by atoms with van der Waals surface area (Å²) in [6.07, 6.45) is 3.28. The lowest BCUT2D eigenvalue weighted by molar-refractivity contribution is -0.117. The van der Waals surface area contributed by atoms with Gasteiger partial charge in [0.25, 0.3) is 0 Å². The van der Waals surface area contributed by atoms with Gasteiger partial charge < -0.3 is 11.1 Å². The fourth-order valence-electron chi connectivity index (χ4n) is 1.36. The summed E-state index contributed by atoms with van der Waals surface area (Å²) >= 11 is 0. The van der Waals surface area contributed by atoms with Gasteiger partial charge in [0.1, 0.15) is 0 Å². The molecule has 6 heteroatoms. The van der Waals surface area contributed by atoms with Crippen LogP contribution in [-0.2, 0) is 4.79 Å². The van der Waals surface area contributed by atoms with Crippen molar-refractivity contribution in [3.63, 3.8) is 0 Å². The maximum Gasteiger partial charge on any atom is 0.241 e. The molecule has 0 aliphatic carbocycles. The minimum atomic E-state index is -0.557. The zero-order valence-corrected chi connectivity index (χ0v) is 9.37. The summed E-state index contributed by atoms with van der Waals surface area (Å²) in [6.45, 7) is 1.63. The highest BCUT2D eigenvalue weighted by atomic mass is 16.2. The molecule has 1 unspecified atom stereocenters. The van der Waals surface area contributed by atoms with E-state index in [0.29, 0.717) is 5.69 Å². The molecule has 1 amide bonds. The summed E-state index contributed by atoms with van der Waals surface area (Å²) in [5.74, 6) is -0.238. The third-order valence-corrected chi connectivity index (χ3v) is 2.24.